The molecule has 0 saturated carbocycles. The van der Waals surface area contributed by atoms with E-state index in [4.69, 9.17) is 5.84 Å². The Kier molecular flexibility index (Phi) is 3.77. The topological polar surface area (TPSA) is 32.5 Å². The summed E-state index contributed by atoms with van der Waals surface area (Å²) in [5.74, 6) is 5.38. The number of nitrogens with two attached hydrogens (primary N) is 1. The summed E-state index contributed by atoms with van der Waals surface area (Å²) in [6.07, 6.45) is 1.14. The smallest absolute Gasteiger partial charge is 0.0174 e. The highest BCUT2D eigenvalue weighted by Crippen LogP contribution is 1.83. The second-order valence-electron chi connectivity index (χ2n) is 1.95. The molecule has 0 aliphatic carbocycles. The molecule has 0 heterocycles. The van der Waals surface area contributed by atoms with Crippen LogP contribution in [-0.4, -0.2) is 30.8 Å². The third-order valence-electron chi connectivity index (χ3n) is 1.09. The Bertz CT molecular complexity index is 53.6. The van der Waals surface area contributed by atoms with Crippen LogP contribution in [0.4, 0.5) is 0 Å². The molecule has 0 fully saturated rings. The number of nitrogens with zero attached hydrogens (tertiary/aromatic N) is 2. The van der Waals surface area contributed by atoms with E-state index in [0.29, 0.717) is 0 Å². The molecule has 2 N–H and O–H groups in total. The van der Waals surface area contributed by atoms with Crippen LogP contribution in [0.3, 0.4) is 0 Å². The van der Waals surface area contributed by atoms with Crippen LogP contribution >= 0.6 is 0 Å². The van der Waals surface area contributed by atoms with E-state index in [-0.39, 0.29) is 0 Å². The van der Waals surface area contributed by atoms with Crippen molar-refractivity contribution in [1.29, 1.82) is 0 Å². The summed E-state index contributed by atoms with van der Waals surface area (Å²) >= 11 is 0. The Morgan fingerprint density at radius 3 is 2.00 bits per heavy atom. The Hall–Kier alpha value is -0.120. The second-order valence-corrected chi connectivity index (χ2v) is 1.95. The molecule has 0 radical (unpaired) electrons. The first kappa shape index (κ1) is 7.88. The molecule has 0 aliphatic heterocycles. The zero-order valence-corrected chi connectivity index (χ0v) is 5.89. The molecule has 0 aliphatic rings. The van der Waals surface area contributed by atoms with Crippen molar-refractivity contribution >= 4 is 0 Å². The fraction of sp³-hybridized carbons (Fsp3) is 1.00. The fourth-order valence-corrected chi connectivity index (χ4v) is 0.481. The van der Waals surface area contributed by atoms with Crippen LogP contribution in [0.5, 0.6) is 0 Å². The highest BCUT2D eigenvalue weighted by molar-refractivity contribution is 4.36. The van der Waals surface area contributed by atoms with Gasteiger partial charge in [0.1, 0.15) is 0 Å². The molecule has 3 heteroatoms. The van der Waals surface area contributed by atoms with Crippen molar-refractivity contribution in [2.45, 2.75) is 13.3 Å². The van der Waals surface area contributed by atoms with Crippen molar-refractivity contribution < 1.29 is 0 Å². The van der Waals surface area contributed by atoms with E-state index in [9.17, 15) is 0 Å². The summed E-state index contributed by atoms with van der Waals surface area (Å²) < 4.78 is 0. The SMILES string of the molecule is CCCN(C)N(C)N. The minimum atomic E-state index is 1.02. The number of hydrogen-bond donors (Lipinski definition) is 1. The van der Waals surface area contributed by atoms with Crippen molar-refractivity contribution in [3.63, 3.8) is 0 Å². The highest BCUT2D eigenvalue weighted by Gasteiger charge is 1.95. The van der Waals surface area contributed by atoms with Gasteiger partial charge < -0.3 is 0 Å². The Morgan fingerprint density at radius 2 is 1.88 bits per heavy atom. The van der Waals surface area contributed by atoms with Gasteiger partial charge in [0.25, 0.3) is 0 Å². The Morgan fingerprint density at radius 1 is 1.38 bits per heavy atom. The van der Waals surface area contributed by atoms with Crippen molar-refractivity contribution in [2.75, 3.05) is 20.6 Å². The van der Waals surface area contributed by atoms with Gasteiger partial charge in [-0.3, -0.25) is 5.84 Å². The lowest BCUT2D eigenvalue weighted by atomic mass is 10.5. The summed E-state index contributed by atoms with van der Waals surface area (Å²) in [4.78, 5) is 0. The van der Waals surface area contributed by atoms with Crippen molar-refractivity contribution in [3.8, 4) is 0 Å². The van der Waals surface area contributed by atoms with Crippen LogP contribution in [0.15, 0.2) is 0 Å². The van der Waals surface area contributed by atoms with Gasteiger partial charge >= 0.3 is 0 Å². The average Bonchev–Trinajstić information content (AvgIpc) is 1.67. The summed E-state index contributed by atoms with van der Waals surface area (Å²) in [5.41, 5.74) is 0. The maximum atomic E-state index is 5.38. The van der Waals surface area contributed by atoms with Gasteiger partial charge in [-0.2, -0.15) is 5.12 Å². The molecule has 0 aromatic rings. The van der Waals surface area contributed by atoms with Gasteiger partial charge in [-0.15, -0.1) is 0 Å². The molecule has 50 valence electrons. The van der Waals surface area contributed by atoms with E-state index >= 15 is 0 Å². The quantitative estimate of drug-likeness (QED) is 0.419. The molecule has 3 nitrogen and oxygen atoms in total. The maximum absolute atomic E-state index is 5.38. The van der Waals surface area contributed by atoms with Gasteiger partial charge in [0.15, 0.2) is 0 Å². The summed E-state index contributed by atoms with van der Waals surface area (Å²) in [5, 5.41) is 3.55. The van der Waals surface area contributed by atoms with Gasteiger partial charge in [-0.25, -0.2) is 5.01 Å². The number of hydrazine groups is 2. The first-order chi connectivity index (χ1) is 3.68. The zero-order valence-electron chi connectivity index (χ0n) is 5.89. The molecule has 0 unspecified atom stereocenters. The fourth-order valence-electron chi connectivity index (χ4n) is 0.481. The average molecular weight is 117 g/mol. The van der Waals surface area contributed by atoms with Crippen molar-refractivity contribution in [1.82, 2.24) is 10.1 Å². The van der Waals surface area contributed by atoms with Crippen LogP contribution in [0.2, 0.25) is 0 Å². The summed E-state index contributed by atoms with van der Waals surface area (Å²) in [6.45, 7) is 3.15. The van der Waals surface area contributed by atoms with Crippen LogP contribution in [0, 0.1) is 0 Å². The normalized spacial score (nSPS) is 11.2. The first-order valence-corrected chi connectivity index (χ1v) is 2.88. The van der Waals surface area contributed by atoms with Crippen LogP contribution in [-0.2, 0) is 0 Å². The lowest BCUT2D eigenvalue weighted by Gasteiger charge is -2.22. The minimum absolute atomic E-state index is 1.02. The molecule has 0 bridgehead atoms. The summed E-state index contributed by atoms with van der Waals surface area (Å²) in [6, 6.07) is 0. The Labute approximate surface area is 51.0 Å². The molecule has 8 heavy (non-hydrogen) atoms. The van der Waals surface area contributed by atoms with Gasteiger partial charge in [0, 0.05) is 20.6 Å². The lowest BCUT2D eigenvalue weighted by molar-refractivity contribution is 0.0270. The van der Waals surface area contributed by atoms with Crippen molar-refractivity contribution in [2.24, 2.45) is 5.84 Å². The van der Waals surface area contributed by atoms with Crippen molar-refractivity contribution in [3.05, 3.63) is 0 Å². The van der Waals surface area contributed by atoms with E-state index in [2.05, 4.69) is 6.92 Å². The molecule has 0 saturated heterocycles. The summed E-state index contributed by atoms with van der Waals surface area (Å²) in [7, 11) is 3.79. The van der Waals surface area contributed by atoms with Gasteiger partial charge in [0.05, 0.1) is 0 Å². The zero-order chi connectivity index (χ0) is 6.57. The van der Waals surface area contributed by atoms with Crippen LogP contribution in [0.25, 0.3) is 0 Å². The molecule has 0 spiro atoms. The maximum Gasteiger partial charge on any atom is 0.0174 e. The third-order valence-corrected chi connectivity index (χ3v) is 1.09. The van der Waals surface area contributed by atoms with Gasteiger partial charge in [-0.1, -0.05) is 6.92 Å². The van der Waals surface area contributed by atoms with E-state index < -0.39 is 0 Å². The van der Waals surface area contributed by atoms with Crippen LogP contribution in [0.1, 0.15) is 13.3 Å². The van der Waals surface area contributed by atoms with E-state index in [1.54, 1.807) is 5.12 Å². The number of hydrogen-bond acceptors (Lipinski definition) is 3. The van der Waals surface area contributed by atoms with Gasteiger partial charge in [0.2, 0.25) is 0 Å². The standard InChI is InChI=1S/C5H15N3/c1-4-5-7(2)8(3)6/h4-6H2,1-3H3. The van der Waals surface area contributed by atoms with E-state index in [0.717, 1.165) is 13.0 Å². The minimum Gasteiger partial charge on any atom is -0.255 e. The molecular weight excluding hydrogens is 102 g/mol. The lowest BCUT2D eigenvalue weighted by Crippen LogP contribution is -2.42. The molecule has 0 amide bonds. The molecule has 0 atom stereocenters. The predicted octanol–water partition coefficient (Wildman–Crippen LogP) is 0.0487. The highest BCUT2D eigenvalue weighted by atomic mass is 15.7. The first-order valence-electron chi connectivity index (χ1n) is 2.88. The largest absolute Gasteiger partial charge is 0.255 e. The van der Waals surface area contributed by atoms with E-state index in [1.807, 2.05) is 19.1 Å². The predicted molar refractivity (Wildman–Crippen MR) is 34.9 cm³/mol. The molecule has 0 aromatic heterocycles. The molecular formula is C5H15N3. The molecule has 0 aromatic carbocycles. The monoisotopic (exact) mass is 117 g/mol. The Balaban J connectivity index is 3.17. The van der Waals surface area contributed by atoms with Gasteiger partial charge in [-0.05, 0) is 6.42 Å². The van der Waals surface area contributed by atoms with E-state index in [1.165, 1.54) is 0 Å². The number of rotatable bonds is 3. The third kappa shape index (κ3) is 2.96. The second kappa shape index (κ2) is 3.83. The molecule has 0 rings (SSSR count). The van der Waals surface area contributed by atoms with Crippen LogP contribution < -0.4 is 5.84 Å².